The molecule has 1 amide bonds. The minimum absolute atomic E-state index is 0.0208. The van der Waals surface area contributed by atoms with E-state index in [4.69, 9.17) is 124 Å². The predicted molar refractivity (Wildman–Crippen MR) is 334 cm³/mol. The van der Waals surface area contributed by atoms with Gasteiger partial charge >= 0.3 is 77.6 Å². The number of unbranched alkanes of at least 4 members (excludes halogenated alkanes) is 1. The van der Waals surface area contributed by atoms with Crippen molar-refractivity contribution in [2.75, 3.05) is 6.54 Å². The summed E-state index contributed by atoms with van der Waals surface area (Å²) in [6.45, 7) is 13.4. The normalized spacial score (nSPS) is 14.9. The third-order valence-electron chi connectivity index (χ3n) is 11.9. The van der Waals surface area contributed by atoms with Crippen LogP contribution in [0.1, 0.15) is 125 Å². The van der Waals surface area contributed by atoms with Crippen molar-refractivity contribution in [1.82, 2.24) is 0 Å². The molecule has 0 aliphatic carbocycles. The summed E-state index contributed by atoms with van der Waals surface area (Å²) in [4.78, 5) is 153. The first kappa shape index (κ1) is 95.4. The van der Waals surface area contributed by atoms with E-state index in [2.05, 4.69) is 9.47 Å². The average Bonchev–Trinajstić information content (AvgIpc) is 1.09. The Morgan fingerprint density at radius 1 is 0.421 bits per heavy atom. The first-order chi connectivity index (χ1) is 43.6. The third kappa shape index (κ3) is 49.9. The minimum atomic E-state index is -1.39. The van der Waals surface area contributed by atoms with Crippen LogP contribution in [0, 0.1) is 11.8 Å². The molecule has 0 heterocycles. The number of carboxylic acids is 6. The lowest BCUT2D eigenvalue weighted by molar-refractivity contribution is -0.166. The number of amides is 1. The number of ether oxygens (including phenoxy) is 5. The van der Waals surface area contributed by atoms with Gasteiger partial charge in [-0.2, -0.15) is 0 Å². The first-order valence-electron chi connectivity index (χ1n) is 29.1. The van der Waals surface area contributed by atoms with Gasteiger partial charge in [0, 0.05) is 19.3 Å². The van der Waals surface area contributed by atoms with Crippen LogP contribution in [0.5, 0.6) is 5.75 Å². The quantitative estimate of drug-likeness (QED) is 0.00990. The van der Waals surface area contributed by atoms with E-state index < -0.39 is 168 Å². The zero-order chi connectivity index (χ0) is 75.3. The van der Waals surface area contributed by atoms with Gasteiger partial charge in [0.15, 0.2) is 0 Å². The number of aliphatic hydroxyl groups is 1. The van der Waals surface area contributed by atoms with Gasteiger partial charge in [0.05, 0.1) is 6.10 Å². The lowest BCUT2D eigenvalue weighted by atomic mass is 10.0. The highest BCUT2D eigenvalue weighted by Crippen LogP contribution is 2.15. The second-order valence-electron chi connectivity index (χ2n) is 21.7. The first-order valence-corrected chi connectivity index (χ1v) is 29.1. The van der Waals surface area contributed by atoms with Crippen molar-refractivity contribution in [2.45, 2.75) is 211 Å². The maximum Gasteiger partial charge on any atom is 0.334 e. The molecule has 39 nitrogen and oxygen atoms in total. The van der Waals surface area contributed by atoms with Crippen LogP contribution in [0.4, 0.5) is 0 Å². The second kappa shape index (κ2) is 52.0. The van der Waals surface area contributed by atoms with Crippen molar-refractivity contribution >= 4 is 83.5 Å². The van der Waals surface area contributed by atoms with E-state index in [9.17, 15) is 67.1 Å². The van der Waals surface area contributed by atoms with E-state index in [1.807, 2.05) is 13.8 Å². The van der Waals surface area contributed by atoms with Gasteiger partial charge in [-0.15, -0.1) is 0 Å². The lowest BCUT2D eigenvalue weighted by Crippen LogP contribution is -2.48. The number of rotatable bonds is 35. The monoisotopic (exact) mass is 1370 g/mol. The molecule has 0 fully saturated rings. The number of hydrogen-bond acceptors (Lipinski definition) is 32. The molecule has 0 radical (unpaired) electrons. The Bertz CT molecular complexity index is 2530. The maximum atomic E-state index is 12.2. The summed E-state index contributed by atoms with van der Waals surface area (Å²) < 4.78 is 24.1. The van der Waals surface area contributed by atoms with E-state index in [1.54, 1.807) is 26.0 Å². The van der Waals surface area contributed by atoms with Crippen molar-refractivity contribution in [3.8, 4) is 5.75 Å². The number of carbonyl (C=O) groups excluding carboxylic acids is 8. The van der Waals surface area contributed by atoms with Crippen LogP contribution in [-0.4, -0.2) is 211 Å². The van der Waals surface area contributed by atoms with E-state index >= 15 is 0 Å². The number of carboxylic acid groups (broad SMARTS) is 6. The summed E-state index contributed by atoms with van der Waals surface area (Å²) >= 11 is 0. The molecule has 0 aromatic heterocycles. The van der Waals surface area contributed by atoms with E-state index in [0.29, 0.717) is 31.4 Å². The highest BCUT2D eigenvalue weighted by atomic mass is 16.6. The summed E-state index contributed by atoms with van der Waals surface area (Å²) in [5.74, 6) is -12.6. The highest BCUT2D eigenvalue weighted by Gasteiger charge is 2.32. The Hall–Kier alpha value is -8.32. The van der Waals surface area contributed by atoms with Gasteiger partial charge in [0.25, 0.3) is 0 Å². The molecule has 0 saturated carbocycles. The number of primary amides is 1. The molecule has 0 spiro atoms. The largest absolute Gasteiger partial charge is 0.481 e. The summed E-state index contributed by atoms with van der Waals surface area (Å²) in [5.41, 5.74) is 70.3. The van der Waals surface area contributed by atoms with Gasteiger partial charge in [-0.3, -0.25) is 43.2 Å². The fourth-order valence-electron chi connectivity index (χ4n) is 5.74. The smallest absolute Gasteiger partial charge is 0.334 e. The topological polar surface area (TPSA) is 765 Å². The molecule has 0 saturated heterocycles. The molecule has 1 aromatic rings. The average molecular weight is 1370 g/mol. The molecule has 95 heavy (non-hydrogen) atoms. The van der Waals surface area contributed by atoms with Crippen molar-refractivity contribution in [3.63, 3.8) is 0 Å². The van der Waals surface area contributed by atoms with E-state index in [1.165, 1.54) is 39.8 Å². The zero-order valence-corrected chi connectivity index (χ0v) is 54.4. The van der Waals surface area contributed by atoms with Crippen molar-refractivity contribution in [1.29, 1.82) is 0 Å². The zero-order valence-electron chi connectivity index (χ0n) is 54.4. The fraction of sp³-hybridized carbons (Fsp3) is 0.643. The molecule has 0 aliphatic rings. The molecule has 14 atom stereocenters. The number of hydrogen-bond donors (Lipinski definition) is 20. The maximum absolute atomic E-state index is 12.2. The van der Waals surface area contributed by atoms with Gasteiger partial charge < -0.3 is 134 Å². The van der Waals surface area contributed by atoms with Crippen LogP contribution in [0.3, 0.4) is 0 Å². The molecule has 0 unspecified atom stereocenters. The van der Waals surface area contributed by atoms with Crippen LogP contribution in [0.25, 0.3) is 0 Å². The highest BCUT2D eigenvalue weighted by molar-refractivity contribution is 5.92. The Morgan fingerprint density at radius 3 is 1.18 bits per heavy atom. The molecular weight excluding hydrogens is 1270 g/mol. The minimum Gasteiger partial charge on any atom is -0.481 e. The van der Waals surface area contributed by atoms with Gasteiger partial charge in [-0.25, -0.2) is 24.0 Å². The standard InChI is InChI=1S/C22H34N4O7.C11H22N4O4.C8H16N2O5.2C5H9NO4.C5H11NO2/c1-11(2)9-16(24)20(28)31-13(4)18(26)22(30)33-21(29)17(25)10-14-5-7-15(8-6-14)32-19(27)12(3)23;12-6-2-1-3-7(13)10(17)19-11(18)8(14)4-5-9(15)16;1-3(11)5(9)8(14)15-4(2)6(10)7(12)13;2*6-3(5(9)10)1-2-4(7)8;1-3(2)4(6)5(7)8/h5-8,11-13,16-18H,9-10,23-26H2,1-4H3;7-8H,1-6,12-14H2,(H2,15,16);3-6,11H,9-10H2,1-2H3,(H,12,13);2*3H,1-2,6H2,(H,7,8)(H,9,10);3-4H,6H2,1-2H3,(H,7,8)/t12-,13+,16-,17-,18-;7-,8-;3-,4-,5+,6+;2*3-;4-/m001000/s1. The lowest BCUT2D eigenvalue weighted by Gasteiger charge is -2.21. The third-order valence-corrected chi connectivity index (χ3v) is 11.9. The molecule has 33 N–H and O–H groups in total. The molecule has 0 bridgehead atoms. The van der Waals surface area contributed by atoms with Crippen molar-refractivity contribution < 1.29 is 127 Å². The van der Waals surface area contributed by atoms with Crippen LogP contribution in [0.15, 0.2) is 24.3 Å². The number of carbonyl (C=O) groups is 14. The Morgan fingerprint density at radius 2 is 0.821 bits per heavy atom. The predicted octanol–water partition coefficient (Wildman–Crippen LogP) is -5.76. The summed E-state index contributed by atoms with van der Waals surface area (Å²) in [5, 5.41) is 58.3. The van der Waals surface area contributed by atoms with Gasteiger partial charge in [-0.1, -0.05) is 46.2 Å². The summed E-state index contributed by atoms with van der Waals surface area (Å²) in [6.07, 6.45) is -1.32. The molecule has 1 aromatic carbocycles. The van der Waals surface area contributed by atoms with Crippen molar-refractivity contribution in [2.24, 2.45) is 86.4 Å². The number of benzene rings is 1. The Balaban J connectivity index is -0.000000371. The van der Waals surface area contributed by atoms with Gasteiger partial charge in [-0.05, 0) is 109 Å². The van der Waals surface area contributed by atoms with Gasteiger partial charge in [0.2, 0.25) is 5.91 Å². The molecule has 39 heteroatoms. The van der Waals surface area contributed by atoms with Gasteiger partial charge in [0.1, 0.15) is 84.4 Å². The van der Waals surface area contributed by atoms with Crippen LogP contribution < -0.4 is 79.3 Å². The van der Waals surface area contributed by atoms with Crippen LogP contribution >= 0.6 is 0 Å². The van der Waals surface area contributed by atoms with E-state index in [-0.39, 0.29) is 62.5 Å². The number of aliphatic carboxylic acids is 6. The second-order valence-corrected chi connectivity index (χ2v) is 21.7. The SMILES string of the molecule is CC(C)C[C@H](N)C(=O)O[C@H](C)[C@H](N)C(=O)OC(=O)[C@@H](N)Cc1ccc(OC(=O)[C@H](C)N)cc1.CC(C)[C@H](N)C(=O)O.C[C@@H](O)[C@H](N)C(=O)O[C@H](C)[C@H](N)C(=O)O.NCCCC[C@H](N)C(=O)OC(=O)[C@@H](N)CCC(N)=O.N[C@@H](CCC(=O)O)C(=O)O.N[C@@H](CCC(=O)O)C(=O)O. The van der Waals surface area contributed by atoms with Crippen LogP contribution in [-0.2, 0) is 92.5 Å². The van der Waals surface area contributed by atoms with Crippen LogP contribution in [0.2, 0.25) is 0 Å². The fourth-order valence-corrected chi connectivity index (χ4v) is 5.74. The molecule has 1 rings (SSSR count). The molecular formula is C56H101N13O26. The Kier molecular flexibility index (Phi) is 52.2. The number of nitrogens with two attached hydrogens (primary N) is 13. The Labute approximate surface area is 548 Å². The molecule has 0 aliphatic heterocycles. The van der Waals surface area contributed by atoms with Crippen molar-refractivity contribution in [3.05, 3.63) is 29.8 Å². The van der Waals surface area contributed by atoms with E-state index in [0.717, 1.165) is 6.42 Å². The number of aliphatic hydroxyl groups excluding tert-OH is 1. The number of esters is 7. The molecule has 546 valence electrons. The summed E-state index contributed by atoms with van der Waals surface area (Å²) in [7, 11) is 0. The summed E-state index contributed by atoms with van der Waals surface area (Å²) in [6, 6.07) is -5.19.